The van der Waals surface area contributed by atoms with Gasteiger partial charge in [-0.1, -0.05) is 30.3 Å². The van der Waals surface area contributed by atoms with Crippen LogP contribution in [0.25, 0.3) is 26.9 Å². The lowest BCUT2D eigenvalue weighted by Gasteiger charge is -2.10. The third-order valence-corrected chi connectivity index (χ3v) is 4.05. The zero-order valence-corrected chi connectivity index (χ0v) is 12.5. The van der Waals surface area contributed by atoms with Gasteiger partial charge in [0.1, 0.15) is 7.05 Å². The van der Waals surface area contributed by atoms with Gasteiger partial charge in [0.2, 0.25) is 5.69 Å². The first-order valence-electron chi connectivity index (χ1n) is 6.98. The summed E-state index contributed by atoms with van der Waals surface area (Å²) >= 11 is 0. The van der Waals surface area contributed by atoms with E-state index >= 15 is 0 Å². The Kier molecular flexibility index (Phi) is 3.19. The standard InChI is InChI=1S/C19H17N2/c1-13-7-5-6-8-17(13)19-18-10-9-16(20-3)12-15(18)11-14(2)21(19)4/h5-12H,1-2,4H3/q+1. The Morgan fingerprint density at radius 3 is 2.48 bits per heavy atom. The van der Waals surface area contributed by atoms with E-state index in [4.69, 9.17) is 6.57 Å². The minimum atomic E-state index is 0.687. The van der Waals surface area contributed by atoms with Gasteiger partial charge in [0.15, 0.2) is 11.4 Å². The number of aryl methyl sites for hydroxylation is 2. The van der Waals surface area contributed by atoms with Gasteiger partial charge in [-0.3, -0.25) is 0 Å². The summed E-state index contributed by atoms with van der Waals surface area (Å²) in [6.07, 6.45) is 0. The number of hydrogen-bond donors (Lipinski definition) is 0. The number of aromatic nitrogens is 1. The van der Waals surface area contributed by atoms with E-state index in [1.165, 1.54) is 27.9 Å². The van der Waals surface area contributed by atoms with Gasteiger partial charge in [-0.05, 0) is 30.0 Å². The predicted molar refractivity (Wildman–Crippen MR) is 86.3 cm³/mol. The maximum absolute atomic E-state index is 7.19. The number of pyridine rings is 1. The molecule has 0 bridgehead atoms. The van der Waals surface area contributed by atoms with Crippen molar-refractivity contribution in [2.24, 2.45) is 7.05 Å². The van der Waals surface area contributed by atoms with Crippen LogP contribution in [0.3, 0.4) is 0 Å². The van der Waals surface area contributed by atoms with Crippen molar-refractivity contribution in [3.05, 3.63) is 71.2 Å². The van der Waals surface area contributed by atoms with Gasteiger partial charge in [0.25, 0.3) is 0 Å². The number of rotatable bonds is 1. The van der Waals surface area contributed by atoms with Gasteiger partial charge in [0.05, 0.1) is 12.0 Å². The second-order valence-electron chi connectivity index (χ2n) is 5.39. The van der Waals surface area contributed by atoms with Crippen LogP contribution in [0, 0.1) is 20.4 Å². The molecule has 2 nitrogen and oxygen atoms in total. The average molecular weight is 273 g/mol. The molecule has 2 aromatic carbocycles. The Morgan fingerprint density at radius 2 is 1.76 bits per heavy atom. The largest absolute Gasteiger partial charge is 0.238 e. The van der Waals surface area contributed by atoms with Gasteiger partial charge >= 0.3 is 0 Å². The minimum absolute atomic E-state index is 0.687. The highest BCUT2D eigenvalue weighted by atomic mass is 14.9. The molecule has 0 unspecified atom stereocenters. The summed E-state index contributed by atoms with van der Waals surface area (Å²) in [4.78, 5) is 3.54. The Bertz CT molecular complexity index is 886. The quantitative estimate of drug-likeness (QED) is 0.456. The topological polar surface area (TPSA) is 8.24 Å². The second kappa shape index (κ2) is 5.03. The van der Waals surface area contributed by atoms with E-state index in [9.17, 15) is 0 Å². The lowest BCUT2D eigenvalue weighted by Crippen LogP contribution is -2.35. The van der Waals surface area contributed by atoms with E-state index in [1.807, 2.05) is 12.1 Å². The van der Waals surface area contributed by atoms with Crippen LogP contribution in [0.15, 0.2) is 48.5 Å². The van der Waals surface area contributed by atoms with Gasteiger partial charge in [0, 0.05) is 18.6 Å². The molecule has 0 saturated heterocycles. The SMILES string of the molecule is [C-]#[N+]c1ccc2c(-c3ccccc3C)[n+](C)c(C)cc2c1. The summed E-state index contributed by atoms with van der Waals surface area (Å²) in [6, 6.07) is 16.5. The normalized spacial score (nSPS) is 10.6. The molecule has 0 aliphatic heterocycles. The van der Waals surface area contributed by atoms with Crippen LogP contribution in [0.5, 0.6) is 0 Å². The van der Waals surface area contributed by atoms with E-state index in [0.29, 0.717) is 5.69 Å². The zero-order chi connectivity index (χ0) is 15.0. The fraction of sp³-hybridized carbons (Fsp3) is 0.158. The molecule has 0 radical (unpaired) electrons. The Labute approximate surface area is 125 Å². The van der Waals surface area contributed by atoms with E-state index in [0.717, 1.165) is 5.39 Å². The molecule has 102 valence electrons. The highest BCUT2D eigenvalue weighted by Crippen LogP contribution is 2.30. The first-order valence-corrected chi connectivity index (χ1v) is 6.98. The summed E-state index contributed by atoms with van der Waals surface area (Å²) in [5.74, 6) is 0. The number of hydrogen-bond acceptors (Lipinski definition) is 0. The van der Waals surface area contributed by atoms with Crippen molar-refractivity contribution in [1.82, 2.24) is 0 Å². The molecule has 2 heteroatoms. The number of nitrogens with zero attached hydrogens (tertiary/aromatic N) is 2. The van der Waals surface area contributed by atoms with Gasteiger partial charge < -0.3 is 0 Å². The smallest absolute Gasteiger partial charge is 0.220 e. The molecule has 3 rings (SSSR count). The van der Waals surface area contributed by atoms with E-state index in [1.54, 1.807) is 0 Å². The van der Waals surface area contributed by atoms with Crippen LogP contribution >= 0.6 is 0 Å². The summed E-state index contributed by atoms with van der Waals surface area (Å²) in [5.41, 5.74) is 5.58. The van der Waals surface area contributed by atoms with E-state index in [-0.39, 0.29) is 0 Å². The summed E-state index contributed by atoms with van der Waals surface area (Å²) in [7, 11) is 2.10. The summed E-state index contributed by atoms with van der Waals surface area (Å²) in [6.45, 7) is 11.4. The maximum Gasteiger partial charge on any atom is 0.220 e. The highest BCUT2D eigenvalue weighted by Gasteiger charge is 2.19. The molecule has 3 aromatic rings. The lowest BCUT2D eigenvalue weighted by atomic mass is 9.98. The fourth-order valence-corrected chi connectivity index (χ4v) is 2.80. The molecule has 1 aromatic heterocycles. The van der Waals surface area contributed by atoms with Crippen LogP contribution in [-0.2, 0) is 7.05 Å². The molecular formula is C19H17N2+. The average Bonchev–Trinajstić information content (AvgIpc) is 2.49. The molecule has 1 heterocycles. The molecule has 21 heavy (non-hydrogen) atoms. The predicted octanol–water partition coefficient (Wildman–Crippen LogP) is 4.50. The number of fused-ring (bicyclic) bond motifs is 1. The molecule has 0 saturated carbocycles. The van der Waals surface area contributed by atoms with Crippen LogP contribution in [0.4, 0.5) is 5.69 Å². The Morgan fingerprint density at radius 1 is 1.00 bits per heavy atom. The third-order valence-electron chi connectivity index (χ3n) is 4.05. The second-order valence-corrected chi connectivity index (χ2v) is 5.39. The van der Waals surface area contributed by atoms with Crippen LogP contribution < -0.4 is 4.57 Å². The Hall–Kier alpha value is -2.66. The van der Waals surface area contributed by atoms with Crippen LogP contribution in [-0.4, -0.2) is 0 Å². The van der Waals surface area contributed by atoms with Gasteiger partial charge in [-0.15, -0.1) is 0 Å². The summed E-state index contributed by atoms with van der Waals surface area (Å²) < 4.78 is 2.22. The monoisotopic (exact) mass is 273 g/mol. The van der Waals surface area contributed by atoms with Crippen molar-refractivity contribution in [1.29, 1.82) is 0 Å². The maximum atomic E-state index is 7.19. The molecule has 0 spiro atoms. The van der Waals surface area contributed by atoms with Crippen molar-refractivity contribution in [3.8, 4) is 11.3 Å². The minimum Gasteiger partial charge on any atom is -0.238 e. The van der Waals surface area contributed by atoms with Crippen molar-refractivity contribution in [2.75, 3.05) is 0 Å². The van der Waals surface area contributed by atoms with Crippen molar-refractivity contribution in [2.45, 2.75) is 13.8 Å². The number of benzene rings is 2. The first kappa shape index (κ1) is 13.3. The Balaban J connectivity index is 2.44. The first-order chi connectivity index (χ1) is 10.1. The molecule has 0 N–H and O–H groups in total. The molecule has 0 amide bonds. The molecule has 0 atom stereocenters. The molecular weight excluding hydrogens is 256 g/mol. The third kappa shape index (κ3) is 2.17. The van der Waals surface area contributed by atoms with Crippen LogP contribution in [0.2, 0.25) is 0 Å². The fourth-order valence-electron chi connectivity index (χ4n) is 2.80. The van der Waals surface area contributed by atoms with E-state index in [2.05, 4.69) is 66.7 Å². The zero-order valence-electron chi connectivity index (χ0n) is 12.5. The summed E-state index contributed by atoms with van der Waals surface area (Å²) in [5, 5.41) is 2.31. The molecule has 0 aliphatic carbocycles. The highest BCUT2D eigenvalue weighted by molar-refractivity contribution is 5.95. The van der Waals surface area contributed by atoms with Gasteiger partial charge in [-0.25, -0.2) is 4.85 Å². The van der Waals surface area contributed by atoms with Crippen molar-refractivity contribution >= 4 is 16.5 Å². The van der Waals surface area contributed by atoms with Crippen molar-refractivity contribution in [3.63, 3.8) is 0 Å². The lowest BCUT2D eigenvalue weighted by molar-refractivity contribution is -0.665. The van der Waals surface area contributed by atoms with Crippen molar-refractivity contribution < 1.29 is 4.57 Å². The molecule has 0 fully saturated rings. The molecule has 0 aliphatic rings. The van der Waals surface area contributed by atoms with Gasteiger partial charge in [-0.2, -0.15) is 4.57 Å². The van der Waals surface area contributed by atoms with Crippen LogP contribution in [0.1, 0.15) is 11.3 Å². The van der Waals surface area contributed by atoms with E-state index < -0.39 is 0 Å².